The standard InChI is InChI=1S/C72H126O6/c1-4-7-10-13-16-19-22-25-26-27-28-29-30-31-32-33-34-35-36-37-38-39-40-41-42-43-44-45-46-48-50-53-56-59-62-65-71(74)77-68-69(67-76-70(73)64-61-58-55-52-49-24-21-18-15-12-9-6-3)78-72(75)66-63-60-57-54-51-47-23-20-17-14-11-8-5-2/h7,10,16,18-21,23,25-26,28-29,31-32,69H,4-6,8-9,11-15,17,22,24,27,30,33-68H2,1-3H3/b10-7-,19-16-,21-18-,23-20-,26-25-,29-28-,32-31-. The van der Waals surface area contributed by atoms with Crippen molar-refractivity contribution < 1.29 is 28.6 Å². The molecule has 0 rings (SSSR count). The van der Waals surface area contributed by atoms with E-state index in [9.17, 15) is 14.4 Å². The summed E-state index contributed by atoms with van der Waals surface area (Å²) in [4.78, 5) is 38.2. The van der Waals surface area contributed by atoms with Gasteiger partial charge in [0.05, 0.1) is 0 Å². The van der Waals surface area contributed by atoms with Crippen LogP contribution < -0.4 is 0 Å². The summed E-state index contributed by atoms with van der Waals surface area (Å²) in [6.45, 7) is 6.50. The van der Waals surface area contributed by atoms with Gasteiger partial charge in [0.25, 0.3) is 0 Å². The van der Waals surface area contributed by atoms with E-state index in [-0.39, 0.29) is 31.1 Å². The Bertz CT molecular complexity index is 1480. The number of unbranched alkanes of at least 4 members (excludes halogenated alkanes) is 36. The van der Waals surface area contributed by atoms with Crippen molar-refractivity contribution in [3.8, 4) is 0 Å². The highest BCUT2D eigenvalue weighted by Crippen LogP contribution is 2.17. The topological polar surface area (TPSA) is 78.9 Å². The molecule has 0 aromatic heterocycles. The SMILES string of the molecule is CC/C=C\C/C=C\C/C=C\C/C=C\C/C=C\CCCCCCCCCCCCCCCCCCCCCC(=O)OCC(COC(=O)CCCCCCC/C=C\CCCCC)OC(=O)CCCCCCC/C=C\CCCCCC. The predicted octanol–water partition coefficient (Wildman–Crippen LogP) is 23.1. The number of hydrogen-bond acceptors (Lipinski definition) is 6. The maximum absolute atomic E-state index is 12.9. The molecule has 0 aromatic rings. The fourth-order valence-corrected chi connectivity index (χ4v) is 9.58. The van der Waals surface area contributed by atoms with Gasteiger partial charge in [0.15, 0.2) is 6.10 Å². The van der Waals surface area contributed by atoms with Gasteiger partial charge >= 0.3 is 17.9 Å². The molecule has 0 fully saturated rings. The highest BCUT2D eigenvalue weighted by Gasteiger charge is 2.19. The first kappa shape index (κ1) is 74.6. The van der Waals surface area contributed by atoms with Crippen molar-refractivity contribution in [1.82, 2.24) is 0 Å². The lowest BCUT2D eigenvalue weighted by atomic mass is 10.0. The van der Waals surface area contributed by atoms with Crippen LogP contribution in [0.4, 0.5) is 0 Å². The van der Waals surface area contributed by atoms with Crippen molar-refractivity contribution in [2.75, 3.05) is 13.2 Å². The Morgan fingerprint density at radius 1 is 0.269 bits per heavy atom. The van der Waals surface area contributed by atoms with Crippen molar-refractivity contribution in [3.63, 3.8) is 0 Å². The third kappa shape index (κ3) is 63.4. The molecule has 6 nitrogen and oxygen atoms in total. The molecule has 0 aromatic carbocycles. The first-order chi connectivity index (χ1) is 38.5. The average Bonchev–Trinajstić information content (AvgIpc) is 3.44. The van der Waals surface area contributed by atoms with E-state index in [0.717, 1.165) is 109 Å². The van der Waals surface area contributed by atoms with E-state index in [1.807, 2.05) is 0 Å². The highest BCUT2D eigenvalue weighted by molar-refractivity contribution is 5.71. The number of rotatable bonds is 61. The molecular formula is C72H126O6. The zero-order chi connectivity index (χ0) is 56.4. The summed E-state index contributed by atoms with van der Waals surface area (Å²) in [5.74, 6) is -0.882. The van der Waals surface area contributed by atoms with E-state index in [1.54, 1.807) is 0 Å². The largest absolute Gasteiger partial charge is 0.462 e. The van der Waals surface area contributed by atoms with Crippen LogP contribution in [-0.4, -0.2) is 37.2 Å². The Labute approximate surface area is 484 Å². The second kappa shape index (κ2) is 66.1. The number of esters is 3. The molecular weight excluding hydrogens is 961 g/mol. The normalized spacial score (nSPS) is 12.6. The van der Waals surface area contributed by atoms with E-state index in [4.69, 9.17) is 14.2 Å². The number of carbonyl (C=O) groups excluding carboxylic acids is 3. The molecule has 0 N–H and O–H groups in total. The number of hydrogen-bond donors (Lipinski definition) is 0. The molecule has 0 amide bonds. The fraction of sp³-hybridized carbons (Fsp3) is 0.764. The van der Waals surface area contributed by atoms with Crippen molar-refractivity contribution >= 4 is 17.9 Å². The van der Waals surface area contributed by atoms with Crippen LogP contribution in [0.5, 0.6) is 0 Å². The molecule has 0 spiro atoms. The van der Waals surface area contributed by atoms with Gasteiger partial charge in [0, 0.05) is 19.3 Å². The fourth-order valence-electron chi connectivity index (χ4n) is 9.58. The summed E-state index contributed by atoms with van der Waals surface area (Å²) in [5, 5.41) is 0. The summed E-state index contributed by atoms with van der Waals surface area (Å²) in [5.41, 5.74) is 0. The second-order valence-corrected chi connectivity index (χ2v) is 22.3. The minimum Gasteiger partial charge on any atom is -0.462 e. The lowest BCUT2D eigenvalue weighted by Gasteiger charge is -2.18. The summed E-state index contributed by atoms with van der Waals surface area (Å²) in [7, 11) is 0. The van der Waals surface area contributed by atoms with Crippen LogP contribution in [0.3, 0.4) is 0 Å². The number of allylic oxidation sites excluding steroid dienone is 14. The average molecular weight is 1090 g/mol. The van der Waals surface area contributed by atoms with E-state index < -0.39 is 6.10 Å². The summed E-state index contributed by atoms with van der Waals surface area (Å²) in [6.07, 6.45) is 87.6. The van der Waals surface area contributed by atoms with Gasteiger partial charge < -0.3 is 14.2 Å². The molecule has 0 aliphatic rings. The van der Waals surface area contributed by atoms with Crippen LogP contribution >= 0.6 is 0 Å². The Hall–Kier alpha value is -3.41. The molecule has 1 unspecified atom stereocenters. The Kier molecular flexibility index (Phi) is 63.2. The Morgan fingerprint density at radius 2 is 0.500 bits per heavy atom. The smallest absolute Gasteiger partial charge is 0.306 e. The molecule has 1 atom stereocenters. The minimum atomic E-state index is -0.781. The molecule has 0 saturated carbocycles. The molecule has 0 bridgehead atoms. The zero-order valence-electron chi connectivity index (χ0n) is 51.7. The molecule has 0 heterocycles. The lowest BCUT2D eigenvalue weighted by Crippen LogP contribution is -2.30. The van der Waals surface area contributed by atoms with Crippen molar-refractivity contribution in [3.05, 3.63) is 85.1 Å². The summed E-state index contributed by atoms with van der Waals surface area (Å²) < 4.78 is 16.9. The number of carbonyl (C=O) groups is 3. The molecule has 450 valence electrons. The van der Waals surface area contributed by atoms with Gasteiger partial charge in [-0.05, 0) is 116 Å². The third-order valence-corrected chi connectivity index (χ3v) is 14.6. The maximum Gasteiger partial charge on any atom is 0.306 e. The lowest BCUT2D eigenvalue weighted by molar-refractivity contribution is -0.167. The molecule has 6 heteroatoms. The molecule has 0 saturated heterocycles. The van der Waals surface area contributed by atoms with E-state index in [0.29, 0.717) is 19.3 Å². The van der Waals surface area contributed by atoms with Crippen LogP contribution in [0.1, 0.15) is 335 Å². The third-order valence-electron chi connectivity index (χ3n) is 14.6. The monoisotopic (exact) mass is 1090 g/mol. The second-order valence-electron chi connectivity index (χ2n) is 22.3. The van der Waals surface area contributed by atoms with E-state index in [1.165, 1.54) is 186 Å². The van der Waals surface area contributed by atoms with Crippen LogP contribution in [0.25, 0.3) is 0 Å². The van der Waals surface area contributed by atoms with Crippen molar-refractivity contribution in [2.24, 2.45) is 0 Å². The first-order valence-corrected chi connectivity index (χ1v) is 33.6. The predicted molar refractivity (Wildman–Crippen MR) is 339 cm³/mol. The van der Waals surface area contributed by atoms with Crippen molar-refractivity contribution in [1.29, 1.82) is 0 Å². The number of ether oxygens (including phenoxy) is 3. The Balaban J connectivity index is 4.06. The van der Waals surface area contributed by atoms with E-state index in [2.05, 4.69) is 106 Å². The van der Waals surface area contributed by atoms with Gasteiger partial charge in [0.1, 0.15) is 13.2 Å². The molecule has 0 aliphatic heterocycles. The van der Waals surface area contributed by atoms with Gasteiger partial charge in [-0.3, -0.25) is 14.4 Å². The van der Waals surface area contributed by atoms with E-state index >= 15 is 0 Å². The molecule has 0 aliphatic carbocycles. The first-order valence-electron chi connectivity index (χ1n) is 33.6. The highest BCUT2D eigenvalue weighted by atomic mass is 16.6. The molecule has 0 radical (unpaired) electrons. The van der Waals surface area contributed by atoms with Crippen molar-refractivity contribution in [2.45, 2.75) is 341 Å². The quantitative estimate of drug-likeness (QED) is 0.0261. The Morgan fingerprint density at radius 3 is 0.821 bits per heavy atom. The van der Waals surface area contributed by atoms with Gasteiger partial charge in [-0.2, -0.15) is 0 Å². The molecule has 78 heavy (non-hydrogen) atoms. The van der Waals surface area contributed by atoms with Gasteiger partial charge in [-0.25, -0.2) is 0 Å². The van der Waals surface area contributed by atoms with Crippen LogP contribution in [-0.2, 0) is 28.6 Å². The van der Waals surface area contributed by atoms with Gasteiger partial charge in [0.2, 0.25) is 0 Å². The minimum absolute atomic E-state index is 0.0780. The van der Waals surface area contributed by atoms with Crippen LogP contribution in [0, 0.1) is 0 Å². The summed E-state index contributed by atoms with van der Waals surface area (Å²) in [6, 6.07) is 0. The summed E-state index contributed by atoms with van der Waals surface area (Å²) >= 11 is 0. The van der Waals surface area contributed by atoms with Crippen LogP contribution in [0.15, 0.2) is 85.1 Å². The maximum atomic E-state index is 12.9. The zero-order valence-corrected chi connectivity index (χ0v) is 51.7. The van der Waals surface area contributed by atoms with Crippen LogP contribution in [0.2, 0.25) is 0 Å². The van der Waals surface area contributed by atoms with Gasteiger partial charge in [-0.15, -0.1) is 0 Å². The van der Waals surface area contributed by atoms with Gasteiger partial charge in [-0.1, -0.05) is 286 Å².